The van der Waals surface area contributed by atoms with Gasteiger partial charge in [0.25, 0.3) is 0 Å². The number of sulfonamides is 1. The molecule has 146 valence electrons. The first-order valence-corrected chi connectivity index (χ1v) is 10.3. The highest BCUT2D eigenvalue weighted by Gasteiger charge is 2.27. The van der Waals surface area contributed by atoms with Crippen molar-refractivity contribution in [3.05, 3.63) is 42.2 Å². The molecule has 3 aromatic rings. The smallest absolute Gasteiger partial charge is 0.238 e. The van der Waals surface area contributed by atoms with Crippen molar-refractivity contribution in [2.24, 2.45) is 0 Å². The Kier molecular flexibility index (Phi) is 4.67. The molecule has 1 atom stereocenters. The maximum atomic E-state index is 12.8. The Hall–Kier alpha value is -3.08. The fourth-order valence-corrected chi connectivity index (χ4v) is 3.81. The van der Waals surface area contributed by atoms with Crippen molar-refractivity contribution in [3.63, 3.8) is 0 Å². The minimum Gasteiger partial charge on any atom is -0.489 e. The molecule has 28 heavy (non-hydrogen) atoms. The van der Waals surface area contributed by atoms with E-state index in [9.17, 15) is 8.42 Å². The molecule has 0 saturated heterocycles. The molecule has 1 aliphatic heterocycles. The predicted octanol–water partition coefficient (Wildman–Crippen LogP) is 1.20. The normalized spacial score (nSPS) is 14.4. The second-order valence-electron chi connectivity index (χ2n) is 6.56. The number of hydrogen-bond acceptors (Lipinski definition) is 8. The van der Waals surface area contributed by atoms with Gasteiger partial charge in [0, 0.05) is 25.0 Å². The Morgan fingerprint density at radius 3 is 2.82 bits per heavy atom. The Bertz CT molecular complexity index is 1100. The molecule has 1 N–H and O–H groups in total. The molecule has 0 fully saturated rings. The number of nitrogens with one attached hydrogen (secondary N) is 1. The SMILES string of the molecule is Cc1cnc(C[C@H](C)S(=O)(=O)Nc2nnc3n2CCOc2cnccc2-3)nc1. The van der Waals surface area contributed by atoms with Crippen LogP contribution in [0.1, 0.15) is 18.3 Å². The first-order chi connectivity index (χ1) is 13.4. The van der Waals surface area contributed by atoms with Crippen LogP contribution in [0.3, 0.4) is 0 Å². The maximum absolute atomic E-state index is 12.8. The molecule has 0 bridgehead atoms. The fraction of sp³-hybridized carbons (Fsp3) is 0.353. The summed E-state index contributed by atoms with van der Waals surface area (Å²) >= 11 is 0. The lowest BCUT2D eigenvalue weighted by Gasteiger charge is -2.14. The zero-order chi connectivity index (χ0) is 19.7. The first-order valence-electron chi connectivity index (χ1n) is 8.73. The number of hydrogen-bond donors (Lipinski definition) is 1. The third-order valence-electron chi connectivity index (χ3n) is 4.42. The van der Waals surface area contributed by atoms with E-state index >= 15 is 0 Å². The molecule has 4 rings (SSSR count). The van der Waals surface area contributed by atoms with Gasteiger partial charge in [-0.05, 0) is 25.5 Å². The van der Waals surface area contributed by atoms with Gasteiger partial charge in [-0.3, -0.25) is 14.3 Å². The number of pyridine rings is 1. The van der Waals surface area contributed by atoms with Crippen molar-refractivity contribution in [2.45, 2.75) is 32.1 Å². The molecule has 4 heterocycles. The second kappa shape index (κ2) is 7.15. The van der Waals surface area contributed by atoms with Gasteiger partial charge in [-0.2, -0.15) is 0 Å². The second-order valence-corrected chi connectivity index (χ2v) is 8.66. The number of rotatable bonds is 5. The van der Waals surface area contributed by atoms with Crippen molar-refractivity contribution >= 4 is 16.0 Å². The van der Waals surface area contributed by atoms with Crippen molar-refractivity contribution in [3.8, 4) is 17.1 Å². The Balaban J connectivity index is 1.58. The van der Waals surface area contributed by atoms with Gasteiger partial charge in [0.2, 0.25) is 16.0 Å². The lowest BCUT2D eigenvalue weighted by Crippen LogP contribution is -2.29. The Morgan fingerprint density at radius 2 is 2.04 bits per heavy atom. The minimum absolute atomic E-state index is 0.153. The van der Waals surface area contributed by atoms with Gasteiger partial charge in [-0.25, -0.2) is 18.4 Å². The van der Waals surface area contributed by atoms with E-state index in [4.69, 9.17) is 4.74 Å². The van der Waals surface area contributed by atoms with Gasteiger partial charge in [0.15, 0.2) is 5.82 Å². The highest BCUT2D eigenvalue weighted by atomic mass is 32.2. The highest BCUT2D eigenvalue weighted by Crippen LogP contribution is 2.31. The Morgan fingerprint density at radius 1 is 1.25 bits per heavy atom. The average molecular weight is 401 g/mol. The fourth-order valence-electron chi connectivity index (χ4n) is 2.84. The van der Waals surface area contributed by atoms with Crippen molar-refractivity contribution in [1.82, 2.24) is 29.7 Å². The topological polar surface area (TPSA) is 125 Å². The number of ether oxygens (including phenoxy) is 1. The van der Waals surface area contributed by atoms with E-state index in [-0.39, 0.29) is 12.4 Å². The molecule has 3 aromatic heterocycles. The third-order valence-corrected chi connectivity index (χ3v) is 6.11. The van der Waals surface area contributed by atoms with Crippen molar-refractivity contribution in [2.75, 3.05) is 11.3 Å². The van der Waals surface area contributed by atoms with E-state index in [1.807, 2.05) is 6.92 Å². The number of aryl methyl sites for hydroxylation is 1. The zero-order valence-corrected chi connectivity index (χ0v) is 16.2. The summed E-state index contributed by atoms with van der Waals surface area (Å²) < 4.78 is 35.5. The summed E-state index contributed by atoms with van der Waals surface area (Å²) in [6.07, 6.45) is 6.75. The van der Waals surface area contributed by atoms with Crippen LogP contribution in [0.2, 0.25) is 0 Å². The van der Waals surface area contributed by atoms with Crippen LogP contribution >= 0.6 is 0 Å². The van der Waals surface area contributed by atoms with E-state index < -0.39 is 15.3 Å². The third kappa shape index (κ3) is 3.52. The summed E-state index contributed by atoms with van der Waals surface area (Å²) in [4.78, 5) is 12.4. The van der Waals surface area contributed by atoms with Crippen LogP contribution < -0.4 is 9.46 Å². The lowest BCUT2D eigenvalue weighted by molar-refractivity contribution is 0.306. The van der Waals surface area contributed by atoms with E-state index in [1.165, 1.54) is 0 Å². The predicted molar refractivity (Wildman–Crippen MR) is 101 cm³/mol. The molecule has 0 amide bonds. The van der Waals surface area contributed by atoms with Crippen LogP contribution in [0.15, 0.2) is 30.9 Å². The summed E-state index contributed by atoms with van der Waals surface area (Å²) in [6.45, 7) is 4.24. The number of fused-ring (bicyclic) bond motifs is 3. The van der Waals surface area contributed by atoms with Crippen LogP contribution in [0.4, 0.5) is 5.95 Å². The van der Waals surface area contributed by atoms with Crippen molar-refractivity contribution in [1.29, 1.82) is 0 Å². The highest BCUT2D eigenvalue weighted by molar-refractivity contribution is 7.93. The summed E-state index contributed by atoms with van der Waals surface area (Å²) in [6, 6.07) is 1.76. The molecule has 11 heteroatoms. The van der Waals surface area contributed by atoms with Gasteiger partial charge in [0.1, 0.15) is 18.2 Å². The minimum atomic E-state index is -3.72. The number of aromatic nitrogens is 6. The quantitative estimate of drug-likeness (QED) is 0.676. The van der Waals surface area contributed by atoms with Gasteiger partial charge in [-0.15, -0.1) is 10.2 Å². The van der Waals surface area contributed by atoms with Gasteiger partial charge in [-0.1, -0.05) is 0 Å². The number of anilines is 1. The lowest BCUT2D eigenvalue weighted by atomic mass is 10.2. The summed E-state index contributed by atoms with van der Waals surface area (Å²) in [5, 5.41) is 7.44. The molecule has 0 radical (unpaired) electrons. The van der Waals surface area contributed by atoms with Crippen LogP contribution in [0, 0.1) is 6.92 Å². The van der Waals surface area contributed by atoms with Crippen LogP contribution in [0.5, 0.6) is 5.75 Å². The maximum Gasteiger partial charge on any atom is 0.238 e. The molecule has 0 aliphatic carbocycles. The average Bonchev–Trinajstić information content (AvgIpc) is 2.95. The van der Waals surface area contributed by atoms with Gasteiger partial charge >= 0.3 is 0 Å². The zero-order valence-electron chi connectivity index (χ0n) is 15.4. The number of nitrogens with zero attached hydrogens (tertiary/aromatic N) is 6. The molecule has 10 nitrogen and oxygen atoms in total. The monoisotopic (exact) mass is 401 g/mol. The summed E-state index contributed by atoms with van der Waals surface area (Å²) in [5.41, 5.74) is 1.63. The van der Waals surface area contributed by atoms with E-state index in [1.54, 1.807) is 42.3 Å². The van der Waals surface area contributed by atoms with Crippen LogP contribution in [-0.4, -0.2) is 50.0 Å². The van der Waals surface area contributed by atoms with Crippen LogP contribution in [-0.2, 0) is 23.0 Å². The molecule has 0 unspecified atom stereocenters. The van der Waals surface area contributed by atoms with Crippen LogP contribution in [0.25, 0.3) is 11.4 Å². The standard InChI is InChI=1S/C17H19N7O3S/c1-11-8-19-15(20-9-11)7-12(2)28(25,26)23-17-22-21-16-13-3-4-18-10-14(13)27-6-5-24(16)17/h3-4,8-10,12H,5-7H2,1-2H3,(H,22,23)/t12-/m0/s1. The summed E-state index contributed by atoms with van der Waals surface area (Å²) in [7, 11) is -3.72. The van der Waals surface area contributed by atoms with E-state index in [2.05, 4.69) is 29.9 Å². The Labute approximate surface area is 162 Å². The first kappa shape index (κ1) is 18.3. The van der Waals surface area contributed by atoms with Crippen molar-refractivity contribution < 1.29 is 13.2 Å². The molecule has 0 saturated carbocycles. The molecular weight excluding hydrogens is 382 g/mol. The molecule has 1 aliphatic rings. The largest absolute Gasteiger partial charge is 0.489 e. The van der Waals surface area contributed by atoms with Gasteiger partial charge < -0.3 is 4.74 Å². The molecule has 0 aromatic carbocycles. The van der Waals surface area contributed by atoms with Gasteiger partial charge in [0.05, 0.1) is 23.6 Å². The molecule has 0 spiro atoms. The van der Waals surface area contributed by atoms with E-state index in [0.29, 0.717) is 36.1 Å². The molecular formula is C17H19N7O3S. The summed E-state index contributed by atoms with van der Waals surface area (Å²) in [5.74, 6) is 1.74. The van der Waals surface area contributed by atoms with E-state index in [0.717, 1.165) is 5.56 Å².